The van der Waals surface area contributed by atoms with Crippen LogP contribution in [-0.2, 0) is 19.4 Å². The number of rotatable bonds is 6. The number of thiophene rings is 1. The molecule has 0 fully saturated rings. The number of hydrogen-bond donors (Lipinski definition) is 1. The quantitative estimate of drug-likeness (QED) is 0.527. The lowest BCUT2D eigenvalue weighted by Crippen LogP contribution is -2.11. The molecule has 5 nitrogen and oxygen atoms in total. The Bertz CT molecular complexity index is 1090. The zero-order valence-electron chi connectivity index (χ0n) is 17.2. The fourth-order valence-corrected chi connectivity index (χ4v) is 4.85. The maximum Gasteiger partial charge on any atom is 0.292 e. The number of carbonyl (C=O) groups is 1. The molecule has 0 saturated heterocycles. The molecule has 4 rings (SSSR count). The van der Waals surface area contributed by atoms with E-state index in [2.05, 4.69) is 37.4 Å². The highest BCUT2D eigenvalue weighted by Gasteiger charge is 2.23. The van der Waals surface area contributed by atoms with Gasteiger partial charge in [-0.3, -0.25) is 4.79 Å². The number of amides is 1. The van der Waals surface area contributed by atoms with Crippen molar-refractivity contribution in [3.63, 3.8) is 0 Å². The van der Waals surface area contributed by atoms with Gasteiger partial charge in [-0.25, -0.2) is 0 Å². The van der Waals surface area contributed by atoms with Crippen LogP contribution in [0.5, 0.6) is 5.75 Å². The van der Waals surface area contributed by atoms with E-state index in [4.69, 9.17) is 9.15 Å². The van der Waals surface area contributed by atoms with E-state index >= 15 is 0 Å². The van der Waals surface area contributed by atoms with Gasteiger partial charge in [0.2, 0.25) is 0 Å². The van der Waals surface area contributed by atoms with E-state index in [0.717, 1.165) is 37.0 Å². The zero-order chi connectivity index (χ0) is 21.1. The largest absolute Gasteiger partial charge is 0.486 e. The Morgan fingerprint density at radius 3 is 2.70 bits per heavy atom. The van der Waals surface area contributed by atoms with Gasteiger partial charge in [-0.15, -0.1) is 11.3 Å². The van der Waals surface area contributed by atoms with E-state index in [1.807, 2.05) is 12.1 Å². The van der Waals surface area contributed by atoms with E-state index in [1.165, 1.54) is 21.8 Å². The molecule has 154 valence electrons. The van der Waals surface area contributed by atoms with Gasteiger partial charge in [-0.1, -0.05) is 26.0 Å². The molecule has 30 heavy (non-hydrogen) atoms. The number of fused-ring (bicyclic) bond motifs is 1. The van der Waals surface area contributed by atoms with Crippen LogP contribution in [0, 0.1) is 11.3 Å². The SMILES string of the molecule is CC(C)c1ccc(OCc2ccc(C(=O)Nc3sc4c(c3C#N)CCCC4)o2)cc1. The van der Waals surface area contributed by atoms with Gasteiger partial charge < -0.3 is 14.5 Å². The minimum atomic E-state index is -0.349. The Morgan fingerprint density at radius 2 is 1.97 bits per heavy atom. The summed E-state index contributed by atoms with van der Waals surface area (Å²) in [4.78, 5) is 13.8. The molecule has 1 N–H and O–H groups in total. The third kappa shape index (κ3) is 4.27. The van der Waals surface area contributed by atoms with Crippen molar-refractivity contribution >= 4 is 22.2 Å². The fourth-order valence-electron chi connectivity index (χ4n) is 3.62. The summed E-state index contributed by atoms with van der Waals surface area (Å²) in [5.41, 5.74) is 2.95. The Labute approximate surface area is 180 Å². The van der Waals surface area contributed by atoms with Gasteiger partial charge in [0.1, 0.15) is 29.2 Å². The maximum absolute atomic E-state index is 12.6. The smallest absolute Gasteiger partial charge is 0.292 e. The summed E-state index contributed by atoms with van der Waals surface area (Å²) >= 11 is 1.51. The maximum atomic E-state index is 12.6. The highest BCUT2D eigenvalue weighted by atomic mass is 32.1. The highest BCUT2D eigenvalue weighted by Crippen LogP contribution is 2.37. The number of furan rings is 1. The minimum Gasteiger partial charge on any atom is -0.486 e. The second-order valence-corrected chi connectivity index (χ2v) is 8.86. The Morgan fingerprint density at radius 1 is 1.20 bits per heavy atom. The van der Waals surface area contributed by atoms with E-state index in [-0.39, 0.29) is 18.3 Å². The van der Waals surface area contributed by atoms with E-state index < -0.39 is 0 Å². The number of ether oxygens (including phenoxy) is 1. The van der Waals surface area contributed by atoms with Crippen LogP contribution < -0.4 is 10.1 Å². The summed E-state index contributed by atoms with van der Waals surface area (Å²) in [5, 5.41) is 13.0. The van der Waals surface area contributed by atoms with E-state index in [0.29, 0.717) is 22.2 Å². The molecule has 0 saturated carbocycles. The lowest BCUT2D eigenvalue weighted by molar-refractivity contribution is 0.0993. The number of nitrogens with one attached hydrogen (secondary N) is 1. The van der Waals surface area contributed by atoms with Crippen LogP contribution in [0.4, 0.5) is 5.00 Å². The van der Waals surface area contributed by atoms with Crippen LogP contribution in [-0.4, -0.2) is 5.91 Å². The van der Waals surface area contributed by atoms with Crippen molar-refractivity contribution in [1.82, 2.24) is 0 Å². The van der Waals surface area contributed by atoms with E-state index in [1.54, 1.807) is 12.1 Å². The molecule has 2 aromatic heterocycles. The van der Waals surface area contributed by atoms with Gasteiger partial charge in [0.15, 0.2) is 5.76 Å². The molecule has 1 aromatic carbocycles. The van der Waals surface area contributed by atoms with Crippen LogP contribution in [0.1, 0.15) is 70.5 Å². The average molecular weight is 421 g/mol. The Kier molecular flexibility index (Phi) is 5.91. The normalized spacial score (nSPS) is 13.0. The summed E-state index contributed by atoms with van der Waals surface area (Å²) in [6, 6.07) is 13.6. The van der Waals surface area contributed by atoms with Crippen molar-refractivity contribution in [2.24, 2.45) is 0 Å². The van der Waals surface area contributed by atoms with Gasteiger partial charge in [-0.05, 0) is 67.0 Å². The summed E-state index contributed by atoms with van der Waals surface area (Å²) in [6.45, 7) is 4.54. The molecule has 0 atom stereocenters. The number of benzene rings is 1. The second kappa shape index (κ2) is 8.76. The third-order valence-electron chi connectivity index (χ3n) is 5.32. The van der Waals surface area contributed by atoms with Crippen LogP contribution in [0.15, 0.2) is 40.8 Å². The predicted octanol–water partition coefficient (Wildman–Crippen LogP) is 6.05. The summed E-state index contributed by atoms with van der Waals surface area (Å²) in [6.07, 6.45) is 4.11. The number of anilines is 1. The molecule has 0 radical (unpaired) electrons. The van der Waals surface area contributed by atoms with Crippen molar-refractivity contribution in [2.45, 2.75) is 52.1 Å². The van der Waals surface area contributed by atoms with Gasteiger partial charge in [0.25, 0.3) is 5.91 Å². The molecule has 2 heterocycles. The lowest BCUT2D eigenvalue weighted by atomic mass is 9.96. The lowest BCUT2D eigenvalue weighted by Gasteiger charge is -2.09. The van der Waals surface area contributed by atoms with Gasteiger partial charge in [0, 0.05) is 4.88 Å². The molecule has 0 spiro atoms. The van der Waals surface area contributed by atoms with Gasteiger partial charge >= 0.3 is 0 Å². The fraction of sp³-hybridized carbons (Fsp3) is 0.333. The van der Waals surface area contributed by atoms with Gasteiger partial charge in [0.05, 0.1) is 5.56 Å². The van der Waals surface area contributed by atoms with Crippen molar-refractivity contribution in [3.8, 4) is 11.8 Å². The molecule has 0 unspecified atom stereocenters. The van der Waals surface area contributed by atoms with Crippen molar-refractivity contribution < 1.29 is 13.9 Å². The number of nitrogens with zero attached hydrogens (tertiary/aromatic N) is 1. The molecule has 0 bridgehead atoms. The first kappa shape index (κ1) is 20.2. The van der Waals surface area contributed by atoms with Crippen LogP contribution in [0.3, 0.4) is 0 Å². The van der Waals surface area contributed by atoms with Crippen molar-refractivity contribution in [3.05, 3.63) is 69.5 Å². The first-order chi connectivity index (χ1) is 14.5. The van der Waals surface area contributed by atoms with Crippen LogP contribution in [0.2, 0.25) is 0 Å². The Hall–Kier alpha value is -3.04. The minimum absolute atomic E-state index is 0.207. The average Bonchev–Trinajstić information content (AvgIpc) is 3.36. The Balaban J connectivity index is 1.40. The number of hydrogen-bond acceptors (Lipinski definition) is 5. The van der Waals surface area contributed by atoms with Crippen molar-refractivity contribution in [2.75, 3.05) is 5.32 Å². The first-order valence-electron chi connectivity index (χ1n) is 10.2. The van der Waals surface area contributed by atoms with Crippen LogP contribution in [0.25, 0.3) is 0 Å². The summed E-state index contributed by atoms with van der Waals surface area (Å²) in [5.74, 6) is 1.65. The highest BCUT2D eigenvalue weighted by molar-refractivity contribution is 7.16. The number of carbonyl (C=O) groups excluding carboxylic acids is 1. The topological polar surface area (TPSA) is 75.3 Å². The molecule has 6 heteroatoms. The third-order valence-corrected chi connectivity index (χ3v) is 6.53. The number of nitriles is 1. The zero-order valence-corrected chi connectivity index (χ0v) is 18.0. The molecule has 3 aromatic rings. The van der Waals surface area contributed by atoms with Gasteiger partial charge in [-0.2, -0.15) is 5.26 Å². The predicted molar refractivity (Wildman–Crippen MR) is 117 cm³/mol. The monoisotopic (exact) mass is 420 g/mol. The molecule has 1 aliphatic carbocycles. The molecule has 0 aliphatic heterocycles. The molecular weight excluding hydrogens is 396 g/mol. The summed E-state index contributed by atoms with van der Waals surface area (Å²) < 4.78 is 11.4. The summed E-state index contributed by atoms with van der Waals surface area (Å²) in [7, 11) is 0. The van der Waals surface area contributed by atoms with Crippen molar-refractivity contribution in [1.29, 1.82) is 5.26 Å². The standard InChI is InChI=1S/C24H24N2O3S/c1-15(2)16-7-9-17(10-8-16)28-14-18-11-12-21(29-18)23(27)26-24-20(13-25)19-5-3-4-6-22(19)30-24/h7-12,15H,3-6,14H2,1-2H3,(H,26,27). The van der Waals surface area contributed by atoms with Crippen LogP contribution >= 0.6 is 11.3 Å². The second-order valence-electron chi connectivity index (χ2n) is 7.76. The molecular formula is C24H24N2O3S. The molecule has 1 aliphatic rings. The number of aryl methyl sites for hydroxylation is 1. The molecule has 1 amide bonds. The first-order valence-corrected chi connectivity index (χ1v) is 11.0. The van der Waals surface area contributed by atoms with E-state index in [9.17, 15) is 10.1 Å².